The number of hydrogen-bond donors (Lipinski definition) is 4. The Balaban J connectivity index is 1.70. The molecular weight excluding hydrogens is 322 g/mol. The van der Waals surface area contributed by atoms with E-state index in [4.69, 9.17) is 10.8 Å². The Hall–Kier alpha value is -3.13. The molecule has 0 bridgehead atoms. The summed E-state index contributed by atoms with van der Waals surface area (Å²) in [6.45, 7) is 1.61. The summed E-state index contributed by atoms with van der Waals surface area (Å²) >= 11 is 0. The lowest BCUT2D eigenvalue weighted by atomic mass is 10.2. The number of rotatable bonds is 4. The van der Waals surface area contributed by atoms with Crippen LogP contribution in [0.4, 0.5) is 22.0 Å². The molecule has 1 fully saturated rings. The average Bonchev–Trinajstić information content (AvgIpc) is 3.03. The SMILES string of the molecule is NC1CCN(c2ccc(C(=O)Nc3ccccc3NC(=O)O)cn2)C1. The molecule has 25 heavy (non-hydrogen) atoms. The fraction of sp³-hybridized carbons (Fsp3) is 0.235. The molecule has 0 saturated carbocycles. The topological polar surface area (TPSA) is 121 Å². The molecule has 2 amide bonds. The van der Waals surface area contributed by atoms with Gasteiger partial charge in [-0.1, -0.05) is 12.1 Å². The van der Waals surface area contributed by atoms with Crippen molar-refractivity contribution in [2.75, 3.05) is 28.6 Å². The molecule has 1 aliphatic rings. The maximum atomic E-state index is 12.4. The van der Waals surface area contributed by atoms with Gasteiger partial charge in [0.1, 0.15) is 5.82 Å². The van der Waals surface area contributed by atoms with E-state index in [-0.39, 0.29) is 11.9 Å². The van der Waals surface area contributed by atoms with Gasteiger partial charge in [0.2, 0.25) is 0 Å². The number of nitrogens with one attached hydrogen (secondary N) is 2. The number of anilines is 3. The molecule has 8 heteroatoms. The molecule has 5 N–H and O–H groups in total. The van der Waals surface area contributed by atoms with Crippen molar-refractivity contribution in [2.24, 2.45) is 5.73 Å². The van der Waals surface area contributed by atoms with Crippen LogP contribution in [0, 0.1) is 0 Å². The number of hydrogen-bond acceptors (Lipinski definition) is 5. The Morgan fingerprint density at radius 1 is 1.16 bits per heavy atom. The molecular formula is C17H19N5O3. The van der Waals surface area contributed by atoms with Gasteiger partial charge in [0.25, 0.3) is 5.91 Å². The minimum Gasteiger partial charge on any atom is -0.465 e. The molecule has 1 aromatic carbocycles. The maximum absolute atomic E-state index is 12.4. The van der Waals surface area contributed by atoms with Crippen LogP contribution in [0.15, 0.2) is 42.6 Å². The average molecular weight is 341 g/mol. The third-order valence-corrected chi connectivity index (χ3v) is 3.98. The molecule has 0 aliphatic carbocycles. The zero-order chi connectivity index (χ0) is 17.8. The zero-order valence-electron chi connectivity index (χ0n) is 13.5. The van der Waals surface area contributed by atoms with Crippen LogP contribution in [0.2, 0.25) is 0 Å². The first kappa shape index (κ1) is 16.7. The van der Waals surface area contributed by atoms with Gasteiger partial charge in [0.15, 0.2) is 0 Å². The van der Waals surface area contributed by atoms with E-state index in [0.29, 0.717) is 16.9 Å². The highest BCUT2D eigenvalue weighted by Gasteiger charge is 2.20. The Labute approximate surface area is 144 Å². The first-order valence-corrected chi connectivity index (χ1v) is 7.90. The van der Waals surface area contributed by atoms with Crippen molar-refractivity contribution in [3.8, 4) is 0 Å². The van der Waals surface area contributed by atoms with Crippen molar-refractivity contribution in [1.82, 2.24) is 4.98 Å². The van der Waals surface area contributed by atoms with Crippen LogP contribution in [-0.2, 0) is 0 Å². The highest BCUT2D eigenvalue weighted by molar-refractivity contribution is 6.06. The number of benzene rings is 1. The minimum absolute atomic E-state index is 0.156. The fourth-order valence-electron chi connectivity index (χ4n) is 2.71. The van der Waals surface area contributed by atoms with Gasteiger partial charge < -0.3 is 21.1 Å². The van der Waals surface area contributed by atoms with E-state index in [9.17, 15) is 9.59 Å². The molecule has 8 nitrogen and oxygen atoms in total. The zero-order valence-corrected chi connectivity index (χ0v) is 13.5. The van der Waals surface area contributed by atoms with Gasteiger partial charge in [-0.05, 0) is 30.7 Å². The first-order valence-electron chi connectivity index (χ1n) is 7.90. The van der Waals surface area contributed by atoms with Gasteiger partial charge in [0, 0.05) is 25.3 Å². The number of carbonyl (C=O) groups is 2. The van der Waals surface area contributed by atoms with E-state index >= 15 is 0 Å². The molecule has 130 valence electrons. The van der Waals surface area contributed by atoms with Gasteiger partial charge in [0.05, 0.1) is 16.9 Å². The molecule has 0 radical (unpaired) electrons. The van der Waals surface area contributed by atoms with E-state index in [1.807, 2.05) is 0 Å². The lowest BCUT2D eigenvalue weighted by molar-refractivity contribution is 0.102. The van der Waals surface area contributed by atoms with Crippen LogP contribution in [0.1, 0.15) is 16.8 Å². The summed E-state index contributed by atoms with van der Waals surface area (Å²) in [5.74, 6) is 0.425. The molecule has 1 aromatic heterocycles. The number of para-hydroxylation sites is 2. The van der Waals surface area contributed by atoms with Gasteiger partial charge in [-0.2, -0.15) is 0 Å². The fourth-order valence-corrected chi connectivity index (χ4v) is 2.71. The molecule has 1 atom stereocenters. The van der Waals surface area contributed by atoms with Crippen LogP contribution in [0.5, 0.6) is 0 Å². The standard InChI is InChI=1S/C17H19N5O3/c18-12-7-8-22(10-12)15-6-5-11(9-19-15)16(23)20-13-3-1-2-4-14(13)21-17(24)25/h1-6,9,12,21H,7-8,10,18H2,(H,20,23)(H,24,25). The number of amides is 2. The summed E-state index contributed by atoms with van der Waals surface area (Å²) < 4.78 is 0. The van der Waals surface area contributed by atoms with Crippen molar-refractivity contribution in [3.05, 3.63) is 48.2 Å². The van der Waals surface area contributed by atoms with E-state index in [2.05, 4.69) is 20.5 Å². The van der Waals surface area contributed by atoms with Crippen LogP contribution in [0.3, 0.4) is 0 Å². The summed E-state index contributed by atoms with van der Waals surface area (Å²) in [6.07, 6.45) is 1.23. The lowest BCUT2D eigenvalue weighted by Crippen LogP contribution is -2.27. The summed E-state index contributed by atoms with van der Waals surface area (Å²) in [5.41, 5.74) is 6.96. The van der Waals surface area contributed by atoms with Crippen molar-refractivity contribution >= 4 is 29.2 Å². The summed E-state index contributed by atoms with van der Waals surface area (Å²) in [5, 5.41) is 13.8. The molecule has 3 rings (SSSR count). The quantitative estimate of drug-likeness (QED) is 0.675. The van der Waals surface area contributed by atoms with Crippen molar-refractivity contribution in [3.63, 3.8) is 0 Å². The van der Waals surface area contributed by atoms with E-state index in [1.165, 1.54) is 6.20 Å². The Morgan fingerprint density at radius 3 is 2.44 bits per heavy atom. The second-order valence-electron chi connectivity index (χ2n) is 5.83. The third kappa shape index (κ3) is 4.04. The number of carbonyl (C=O) groups excluding carboxylic acids is 1. The van der Waals surface area contributed by atoms with Crippen LogP contribution >= 0.6 is 0 Å². The Kier molecular flexibility index (Phi) is 4.80. The van der Waals surface area contributed by atoms with E-state index in [1.54, 1.807) is 36.4 Å². The highest BCUT2D eigenvalue weighted by atomic mass is 16.4. The second kappa shape index (κ2) is 7.18. The van der Waals surface area contributed by atoms with E-state index in [0.717, 1.165) is 25.3 Å². The summed E-state index contributed by atoms with van der Waals surface area (Å²) in [7, 11) is 0. The summed E-state index contributed by atoms with van der Waals surface area (Å²) in [6, 6.07) is 10.2. The number of pyridine rings is 1. The largest absolute Gasteiger partial charge is 0.465 e. The number of aromatic nitrogens is 1. The van der Waals surface area contributed by atoms with Crippen LogP contribution < -0.4 is 21.3 Å². The maximum Gasteiger partial charge on any atom is 0.409 e. The highest BCUT2D eigenvalue weighted by Crippen LogP contribution is 2.22. The smallest absolute Gasteiger partial charge is 0.409 e. The number of nitrogens with zero attached hydrogens (tertiary/aromatic N) is 2. The first-order chi connectivity index (χ1) is 12.0. The number of nitrogens with two attached hydrogens (primary N) is 1. The molecule has 1 unspecified atom stereocenters. The molecule has 2 heterocycles. The predicted octanol–water partition coefficient (Wildman–Crippen LogP) is 1.96. The Morgan fingerprint density at radius 2 is 1.88 bits per heavy atom. The predicted molar refractivity (Wildman–Crippen MR) is 95.1 cm³/mol. The second-order valence-corrected chi connectivity index (χ2v) is 5.83. The normalized spacial score (nSPS) is 16.5. The summed E-state index contributed by atoms with van der Waals surface area (Å²) in [4.78, 5) is 29.6. The van der Waals surface area contributed by atoms with Crippen molar-refractivity contribution < 1.29 is 14.7 Å². The van der Waals surface area contributed by atoms with Gasteiger partial charge in [-0.3, -0.25) is 10.1 Å². The Bertz CT molecular complexity index is 778. The molecule has 1 aliphatic heterocycles. The minimum atomic E-state index is -1.20. The van der Waals surface area contributed by atoms with Crippen molar-refractivity contribution in [2.45, 2.75) is 12.5 Å². The van der Waals surface area contributed by atoms with Crippen LogP contribution in [0.25, 0.3) is 0 Å². The molecule has 1 saturated heterocycles. The van der Waals surface area contributed by atoms with Crippen molar-refractivity contribution in [1.29, 1.82) is 0 Å². The van der Waals surface area contributed by atoms with Gasteiger partial charge in [-0.25, -0.2) is 9.78 Å². The van der Waals surface area contributed by atoms with Gasteiger partial charge in [-0.15, -0.1) is 0 Å². The number of carboxylic acid groups (broad SMARTS) is 1. The molecule has 0 spiro atoms. The third-order valence-electron chi connectivity index (χ3n) is 3.98. The van der Waals surface area contributed by atoms with Crippen LogP contribution in [-0.4, -0.2) is 41.2 Å². The van der Waals surface area contributed by atoms with E-state index < -0.39 is 6.09 Å². The molecule has 2 aromatic rings. The lowest BCUT2D eigenvalue weighted by Gasteiger charge is -2.17. The van der Waals surface area contributed by atoms with Gasteiger partial charge >= 0.3 is 6.09 Å². The monoisotopic (exact) mass is 341 g/mol.